The van der Waals surface area contributed by atoms with Gasteiger partial charge >= 0.3 is 0 Å². The summed E-state index contributed by atoms with van der Waals surface area (Å²) in [5.41, 5.74) is 2.73. The fourth-order valence-electron chi connectivity index (χ4n) is 3.08. The molecule has 1 atom stereocenters. The lowest BCUT2D eigenvalue weighted by Gasteiger charge is -2.25. The van der Waals surface area contributed by atoms with Crippen LogP contribution in [0, 0.1) is 19.7 Å². The molecule has 0 spiro atoms. The van der Waals surface area contributed by atoms with Crippen LogP contribution in [0.5, 0.6) is 0 Å². The van der Waals surface area contributed by atoms with E-state index in [1.807, 2.05) is 19.9 Å². The number of rotatable bonds is 3. The lowest BCUT2D eigenvalue weighted by Crippen LogP contribution is -2.30. The summed E-state index contributed by atoms with van der Waals surface area (Å²) >= 11 is 0. The van der Waals surface area contributed by atoms with Crippen molar-refractivity contribution in [2.75, 3.05) is 6.54 Å². The monoisotopic (exact) mass is 333 g/mol. The van der Waals surface area contributed by atoms with Gasteiger partial charge in [0.25, 0.3) is 0 Å². The molecule has 2 aromatic carbocycles. The second-order valence-electron chi connectivity index (χ2n) is 6.07. The first-order chi connectivity index (χ1) is 10.9. The van der Waals surface area contributed by atoms with E-state index in [-0.39, 0.29) is 11.9 Å². The summed E-state index contributed by atoms with van der Waals surface area (Å²) in [6, 6.07) is 11.1. The van der Waals surface area contributed by atoms with Crippen LogP contribution in [0.4, 0.5) is 4.39 Å². The molecule has 1 fully saturated rings. The third-order valence-electron chi connectivity index (χ3n) is 4.52. The zero-order valence-corrected chi connectivity index (χ0v) is 14.1. The summed E-state index contributed by atoms with van der Waals surface area (Å²) in [6.07, 6.45) is 1.50. The Bertz CT molecular complexity index is 833. The van der Waals surface area contributed by atoms with Crippen molar-refractivity contribution in [3.05, 3.63) is 65.0 Å². The Balaban J connectivity index is 1.99. The van der Waals surface area contributed by atoms with E-state index >= 15 is 0 Å². The Morgan fingerprint density at radius 1 is 1.09 bits per heavy atom. The molecule has 2 aromatic rings. The molecule has 5 heteroatoms. The summed E-state index contributed by atoms with van der Waals surface area (Å²) in [5, 5.41) is 0. The van der Waals surface area contributed by atoms with Crippen LogP contribution in [0.3, 0.4) is 0 Å². The number of hydrogen-bond donors (Lipinski definition) is 0. The highest BCUT2D eigenvalue weighted by molar-refractivity contribution is 7.89. The van der Waals surface area contributed by atoms with Gasteiger partial charge in [-0.05, 0) is 67.6 Å². The van der Waals surface area contributed by atoms with Gasteiger partial charge in [-0.1, -0.05) is 18.2 Å². The van der Waals surface area contributed by atoms with Gasteiger partial charge in [0.05, 0.1) is 10.9 Å². The van der Waals surface area contributed by atoms with Crippen molar-refractivity contribution in [3.63, 3.8) is 0 Å². The number of sulfonamides is 1. The topological polar surface area (TPSA) is 37.4 Å². The fraction of sp³-hybridized carbons (Fsp3) is 0.333. The van der Waals surface area contributed by atoms with Crippen molar-refractivity contribution in [2.45, 2.75) is 37.6 Å². The fourth-order valence-corrected chi connectivity index (χ4v) is 4.85. The Labute approximate surface area is 136 Å². The molecule has 0 aromatic heterocycles. The van der Waals surface area contributed by atoms with Gasteiger partial charge in [-0.2, -0.15) is 4.31 Å². The van der Waals surface area contributed by atoms with Gasteiger partial charge in [0.15, 0.2) is 0 Å². The predicted octanol–water partition coefficient (Wildman–Crippen LogP) is 3.97. The van der Waals surface area contributed by atoms with E-state index in [1.165, 1.54) is 16.4 Å². The molecule has 122 valence electrons. The third-order valence-corrected chi connectivity index (χ3v) is 6.43. The van der Waals surface area contributed by atoms with E-state index in [0.29, 0.717) is 17.9 Å². The quantitative estimate of drug-likeness (QED) is 0.852. The van der Waals surface area contributed by atoms with E-state index < -0.39 is 10.0 Å². The second kappa shape index (κ2) is 6.06. The van der Waals surface area contributed by atoms with E-state index in [0.717, 1.165) is 23.1 Å². The molecule has 1 aliphatic heterocycles. The van der Waals surface area contributed by atoms with Gasteiger partial charge < -0.3 is 0 Å². The van der Waals surface area contributed by atoms with Gasteiger partial charge in [0, 0.05) is 6.54 Å². The first kappa shape index (κ1) is 16.1. The van der Waals surface area contributed by atoms with E-state index in [4.69, 9.17) is 0 Å². The molecule has 0 radical (unpaired) electrons. The maximum Gasteiger partial charge on any atom is 0.243 e. The standard InChI is InChI=1S/C18H20FNO2S/c1-13-8-9-17(11-14(13)2)23(21,22)20-10-4-7-18(20)15-5-3-6-16(19)12-15/h3,5-6,8-9,11-12,18H,4,7,10H2,1-2H3/t18-/m1/s1. The Kier molecular flexibility index (Phi) is 4.25. The van der Waals surface area contributed by atoms with Crippen LogP contribution < -0.4 is 0 Å². The number of nitrogens with zero attached hydrogens (tertiary/aromatic N) is 1. The highest BCUT2D eigenvalue weighted by Gasteiger charge is 2.36. The van der Waals surface area contributed by atoms with Crippen LogP contribution in [0.2, 0.25) is 0 Å². The molecule has 1 heterocycles. The Morgan fingerprint density at radius 3 is 2.57 bits per heavy atom. The lowest BCUT2D eigenvalue weighted by atomic mass is 10.1. The third kappa shape index (κ3) is 3.03. The van der Waals surface area contributed by atoms with Crippen molar-refractivity contribution < 1.29 is 12.8 Å². The van der Waals surface area contributed by atoms with Crippen LogP contribution in [0.25, 0.3) is 0 Å². The van der Waals surface area contributed by atoms with Crippen LogP contribution in [0.15, 0.2) is 47.4 Å². The highest BCUT2D eigenvalue weighted by Crippen LogP contribution is 2.36. The highest BCUT2D eigenvalue weighted by atomic mass is 32.2. The normalized spacial score (nSPS) is 19.2. The number of benzene rings is 2. The zero-order valence-electron chi connectivity index (χ0n) is 13.3. The molecule has 0 bridgehead atoms. The molecular weight excluding hydrogens is 313 g/mol. The second-order valence-corrected chi connectivity index (χ2v) is 7.97. The molecule has 3 rings (SSSR count). The average Bonchev–Trinajstić information content (AvgIpc) is 3.00. The lowest BCUT2D eigenvalue weighted by molar-refractivity contribution is 0.395. The molecule has 1 saturated heterocycles. The summed E-state index contributed by atoms with van der Waals surface area (Å²) < 4.78 is 41.0. The number of aryl methyl sites for hydroxylation is 2. The molecule has 0 amide bonds. The van der Waals surface area contributed by atoms with Crippen molar-refractivity contribution in [2.24, 2.45) is 0 Å². The van der Waals surface area contributed by atoms with E-state index in [9.17, 15) is 12.8 Å². The van der Waals surface area contributed by atoms with E-state index in [2.05, 4.69) is 0 Å². The minimum atomic E-state index is -3.58. The minimum absolute atomic E-state index is 0.294. The molecular formula is C18H20FNO2S. The smallest absolute Gasteiger partial charge is 0.207 e. The van der Waals surface area contributed by atoms with Crippen molar-refractivity contribution >= 4 is 10.0 Å². The molecule has 0 aliphatic carbocycles. The largest absolute Gasteiger partial charge is 0.243 e. The maximum atomic E-state index is 13.5. The minimum Gasteiger partial charge on any atom is -0.207 e. The van der Waals surface area contributed by atoms with Crippen LogP contribution in [0.1, 0.15) is 35.6 Å². The van der Waals surface area contributed by atoms with Gasteiger partial charge in [0.2, 0.25) is 10.0 Å². The van der Waals surface area contributed by atoms with Crippen molar-refractivity contribution in [1.82, 2.24) is 4.31 Å². The molecule has 0 unspecified atom stereocenters. The molecule has 23 heavy (non-hydrogen) atoms. The number of hydrogen-bond acceptors (Lipinski definition) is 2. The van der Waals surface area contributed by atoms with Gasteiger partial charge in [-0.15, -0.1) is 0 Å². The summed E-state index contributed by atoms with van der Waals surface area (Å²) in [5.74, 6) is -0.335. The first-order valence-electron chi connectivity index (χ1n) is 7.74. The molecule has 0 N–H and O–H groups in total. The van der Waals surface area contributed by atoms with Crippen LogP contribution in [-0.4, -0.2) is 19.3 Å². The number of halogens is 1. The predicted molar refractivity (Wildman–Crippen MR) is 88.2 cm³/mol. The average molecular weight is 333 g/mol. The molecule has 1 aliphatic rings. The van der Waals surface area contributed by atoms with Crippen LogP contribution >= 0.6 is 0 Å². The van der Waals surface area contributed by atoms with Gasteiger partial charge in [-0.3, -0.25) is 0 Å². The van der Waals surface area contributed by atoms with E-state index in [1.54, 1.807) is 24.3 Å². The summed E-state index contributed by atoms with van der Waals surface area (Å²) in [7, 11) is -3.58. The van der Waals surface area contributed by atoms with Gasteiger partial charge in [-0.25, -0.2) is 12.8 Å². The maximum absolute atomic E-state index is 13.5. The Morgan fingerprint density at radius 2 is 1.87 bits per heavy atom. The van der Waals surface area contributed by atoms with Crippen molar-refractivity contribution in [1.29, 1.82) is 0 Å². The molecule has 3 nitrogen and oxygen atoms in total. The first-order valence-corrected chi connectivity index (χ1v) is 9.18. The Hall–Kier alpha value is -1.72. The SMILES string of the molecule is Cc1ccc(S(=O)(=O)N2CCC[C@@H]2c2cccc(F)c2)cc1C. The summed E-state index contributed by atoms with van der Waals surface area (Å²) in [4.78, 5) is 0.309. The van der Waals surface area contributed by atoms with Gasteiger partial charge in [0.1, 0.15) is 5.82 Å². The van der Waals surface area contributed by atoms with Crippen LogP contribution in [-0.2, 0) is 10.0 Å². The van der Waals surface area contributed by atoms with Crippen molar-refractivity contribution in [3.8, 4) is 0 Å². The zero-order chi connectivity index (χ0) is 16.6. The summed E-state index contributed by atoms with van der Waals surface area (Å²) in [6.45, 7) is 4.33. The molecule has 0 saturated carbocycles.